The van der Waals surface area contributed by atoms with E-state index in [0.29, 0.717) is 37.0 Å². The van der Waals surface area contributed by atoms with Gasteiger partial charge in [0.2, 0.25) is 5.91 Å². The summed E-state index contributed by atoms with van der Waals surface area (Å²) >= 11 is 2.52. The molecule has 0 spiro atoms. The van der Waals surface area contributed by atoms with Crippen LogP contribution in [-0.4, -0.2) is 23.9 Å². The monoisotopic (exact) mass is 455 g/mol. The summed E-state index contributed by atoms with van der Waals surface area (Å²) in [6, 6.07) is 12.0. The lowest BCUT2D eigenvalue weighted by molar-refractivity contribution is -0.114. The number of nitrogens with one attached hydrogen (secondary N) is 2. The second-order valence-electron chi connectivity index (χ2n) is 6.71. The molecule has 2 heterocycles. The minimum atomic E-state index is -0.376. The number of hydrogen-bond donors (Lipinski definition) is 2. The minimum absolute atomic E-state index is 0.132. The van der Waals surface area contributed by atoms with Crippen molar-refractivity contribution in [2.24, 2.45) is 0 Å². The molecular formula is C22H18FN3O3S2. The van der Waals surface area contributed by atoms with E-state index in [4.69, 9.17) is 4.74 Å². The predicted molar refractivity (Wildman–Crippen MR) is 122 cm³/mol. The highest BCUT2D eigenvalue weighted by Crippen LogP contribution is 2.35. The number of halogens is 1. The van der Waals surface area contributed by atoms with Crippen molar-refractivity contribution in [3.05, 3.63) is 64.1 Å². The average Bonchev–Trinajstić information content (AvgIpc) is 3.34. The Bertz CT molecular complexity index is 1260. The highest BCUT2D eigenvalue weighted by molar-refractivity contribution is 7.21. The number of nitrogens with zero attached hydrogens (tertiary/aromatic N) is 1. The van der Waals surface area contributed by atoms with Gasteiger partial charge in [-0.25, -0.2) is 9.37 Å². The standard InChI is InChI=1S/C22H18FN3O3S2/c1-12(27)24-14-8-6-13(7-9-14)17-11-30-22(25-17)26-21(28)20-15(10-29-2)19-16(23)4-3-5-18(19)31-20/h3-9,11H,10H2,1-2H3,(H,24,27)(H,25,26,28). The highest BCUT2D eigenvalue weighted by Gasteiger charge is 2.21. The van der Waals surface area contributed by atoms with E-state index in [1.54, 1.807) is 24.3 Å². The number of ether oxygens (including phenoxy) is 1. The molecule has 0 aliphatic heterocycles. The van der Waals surface area contributed by atoms with Crippen LogP contribution in [-0.2, 0) is 16.1 Å². The van der Waals surface area contributed by atoms with Gasteiger partial charge >= 0.3 is 0 Å². The summed E-state index contributed by atoms with van der Waals surface area (Å²) in [6.45, 7) is 1.58. The van der Waals surface area contributed by atoms with Crippen molar-refractivity contribution in [3.8, 4) is 11.3 Å². The van der Waals surface area contributed by atoms with Gasteiger partial charge in [-0.05, 0) is 24.3 Å². The molecule has 0 saturated heterocycles. The van der Waals surface area contributed by atoms with E-state index in [0.717, 1.165) is 5.56 Å². The zero-order chi connectivity index (χ0) is 22.0. The maximum Gasteiger partial charge on any atom is 0.267 e. The summed E-state index contributed by atoms with van der Waals surface area (Å²) in [5.74, 6) is -0.867. The number of hydrogen-bond acceptors (Lipinski definition) is 6. The molecule has 158 valence electrons. The van der Waals surface area contributed by atoms with Crippen molar-refractivity contribution in [3.63, 3.8) is 0 Å². The summed E-state index contributed by atoms with van der Waals surface area (Å²) in [7, 11) is 1.51. The summed E-state index contributed by atoms with van der Waals surface area (Å²) < 4.78 is 20.2. The number of carbonyl (C=O) groups is 2. The van der Waals surface area contributed by atoms with Crippen molar-refractivity contribution in [1.82, 2.24) is 4.98 Å². The summed E-state index contributed by atoms with van der Waals surface area (Å²) in [5, 5.41) is 8.21. The molecule has 4 rings (SSSR count). The van der Waals surface area contributed by atoms with Crippen molar-refractivity contribution in [2.75, 3.05) is 17.7 Å². The Balaban J connectivity index is 1.56. The maximum atomic E-state index is 14.3. The number of amides is 2. The fourth-order valence-electron chi connectivity index (χ4n) is 3.18. The van der Waals surface area contributed by atoms with Crippen LogP contribution in [0.3, 0.4) is 0 Å². The Hall–Kier alpha value is -3.14. The Kier molecular flexibility index (Phi) is 6.08. The Morgan fingerprint density at radius 3 is 2.61 bits per heavy atom. The second-order valence-corrected chi connectivity index (χ2v) is 8.62. The first kappa shape index (κ1) is 21.1. The second kappa shape index (κ2) is 8.93. The van der Waals surface area contributed by atoms with Gasteiger partial charge in [0.05, 0.1) is 17.2 Å². The molecule has 0 saturated carbocycles. The first-order chi connectivity index (χ1) is 15.0. The molecule has 0 atom stereocenters. The smallest absolute Gasteiger partial charge is 0.267 e. The zero-order valence-electron chi connectivity index (χ0n) is 16.7. The van der Waals surface area contributed by atoms with Crippen LogP contribution in [0.4, 0.5) is 15.2 Å². The predicted octanol–water partition coefficient (Wildman–Crippen LogP) is 5.52. The average molecular weight is 456 g/mol. The van der Waals surface area contributed by atoms with Crippen LogP contribution >= 0.6 is 22.7 Å². The maximum absolute atomic E-state index is 14.3. The number of benzene rings is 2. The van der Waals surface area contributed by atoms with Crippen LogP contribution in [0.2, 0.25) is 0 Å². The van der Waals surface area contributed by atoms with Crippen LogP contribution in [0.5, 0.6) is 0 Å². The summed E-state index contributed by atoms with van der Waals surface area (Å²) in [4.78, 5) is 29.0. The SMILES string of the molecule is COCc1c(C(=O)Nc2nc(-c3ccc(NC(C)=O)cc3)cs2)sc2cccc(F)c12. The molecule has 0 unspecified atom stereocenters. The first-order valence-corrected chi connectivity index (χ1v) is 11.0. The van der Waals surface area contributed by atoms with Gasteiger partial charge in [-0.3, -0.25) is 14.9 Å². The van der Waals surface area contributed by atoms with E-state index in [1.165, 1.54) is 42.8 Å². The van der Waals surface area contributed by atoms with Crippen molar-refractivity contribution in [1.29, 1.82) is 0 Å². The zero-order valence-corrected chi connectivity index (χ0v) is 18.3. The largest absolute Gasteiger partial charge is 0.380 e. The molecule has 2 amide bonds. The number of rotatable bonds is 6. The normalized spacial score (nSPS) is 10.9. The third kappa shape index (κ3) is 4.48. The Morgan fingerprint density at radius 1 is 1.13 bits per heavy atom. The lowest BCUT2D eigenvalue weighted by atomic mass is 10.1. The van der Waals surface area contributed by atoms with E-state index in [9.17, 15) is 14.0 Å². The van der Waals surface area contributed by atoms with E-state index < -0.39 is 0 Å². The molecule has 4 aromatic rings. The summed E-state index contributed by atoms with van der Waals surface area (Å²) in [6.07, 6.45) is 0. The number of thiophene rings is 1. The van der Waals surface area contributed by atoms with Crippen LogP contribution in [0.1, 0.15) is 22.2 Å². The van der Waals surface area contributed by atoms with Gasteiger partial charge in [0, 0.05) is 46.3 Å². The van der Waals surface area contributed by atoms with Gasteiger partial charge in [0.25, 0.3) is 5.91 Å². The molecule has 6 nitrogen and oxygen atoms in total. The molecule has 2 aromatic heterocycles. The van der Waals surface area contributed by atoms with Gasteiger partial charge in [0.15, 0.2) is 5.13 Å². The number of aromatic nitrogens is 1. The molecule has 2 aromatic carbocycles. The number of thiazole rings is 1. The van der Waals surface area contributed by atoms with Gasteiger partial charge in [-0.2, -0.15) is 0 Å². The fourth-order valence-corrected chi connectivity index (χ4v) is 5.01. The van der Waals surface area contributed by atoms with Gasteiger partial charge in [-0.15, -0.1) is 22.7 Å². The lowest BCUT2D eigenvalue weighted by Gasteiger charge is -2.04. The summed E-state index contributed by atoms with van der Waals surface area (Å²) in [5.41, 5.74) is 2.79. The van der Waals surface area contributed by atoms with Crippen molar-refractivity contribution in [2.45, 2.75) is 13.5 Å². The quantitative estimate of drug-likeness (QED) is 0.401. The molecule has 0 aliphatic rings. The number of anilines is 2. The minimum Gasteiger partial charge on any atom is -0.380 e. The fraction of sp³-hybridized carbons (Fsp3) is 0.136. The number of carbonyl (C=O) groups excluding carboxylic acids is 2. The Morgan fingerprint density at radius 2 is 1.90 bits per heavy atom. The topological polar surface area (TPSA) is 80.3 Å². The van der Waals surface area contributed by atoms with Crippen LogP contribution in [0.25, 0.3) is 21.3 Å². The first-order valence-electron chi connectivity index (χ1n) is 9.30. The molecule has 0 aliphatic carbocycles. The van der Waals surface area contributed by atoms with Gasteiger partial charge < -0.3 is 10.1 Å². The molecule has 9 heteroatoms. The van der Waals surface area contributed by atoms with Gasteiger partial charge in [-0.1, -0.05) is 18.2 Å². The van der Waals surface area contributed by atoms with Crippen LogP contribution in [0, 0.1) is 5.82 Å². The van der Waals surface area contributed by atoms with Crippen molar-refractivity contribution >= 4 is 55.4 Å². The molecule has 31 heavy (non-hydrogen) atoms. The van der Waals surface area contributed by atoms with E-state index in [1.807, 2.05) is 17.5 Å². The van der Waals surface area contributed by atoms with E-state index >= 15 is 0 Å². The Labute approximate surface area is 185 Å². The molecule has 2 N–H and O–H groups in total. The van der Waals surface area contributed by atoms with Crippen LogP contribution in [0.15, 0.2) is 47.8 Å². The third-order valence-corrected chi connectivity index (χ3v) is 6.44. The molecule has 0 bridgehead atoms. The van der Waals surface area contributed by atoms with Crippen LogP contribution < -0.4 is 10.6 Å². The lowest BCUT2D eigenvalue weighted by Crippen LogP contribution is -2.12. The van der Waals surface area contributed by atoms with E-state index in [-0.39, 0.29) is 24.2 Å². The molecular weight excluding hydrogens is 437 g/mol. The van der Waals surface area contributed by atoms with E-state index in [2.05, 4.69) is 15.6 Å². The number of methoxy groups -OCH3 is 1. The molecule has 0 radical (unpaired) electrons. The molecule has 0 fully saturated rings. The third-order valence-electron chi connectivity index (χ3n) is 4.48. The van der Waals surface area contributed by atoms with Crippen molar-refractivity contribution < 1.29 is 18.7 Å². The highest BCUT2D eigenvalue weighted by atomic mass is 32.1. The van der Waals surface area contributed by atoms with Gasteiger partial charge in [0.1, 0.15) is 5.82 Å². The number of fused-ring (bicyclic) bond motifs is 1.